The number of pyridine rings is 4. The number of Topliss-reactive ketones (excluding diaryl/α,β-unsaturated/α-hetero) is 5. The molecule has 0 spiro atoms. The van der Waals surface area contributed by atoms with Gasteiger partial charge >= 0.3 is 6.18 Å². The van der Waals surface area contributed by atoms with Gasteiger partial charge in [0.2, 0.25) is 0 Å². The first-order valence-corrected chi connectivity index (χ1v) is 40.3. The lowest BCUT2D eigenvalue weighted by atomic mass is 10.0. The zero-order valence-electron chi connectivity index (χ0n) is 69.1. The minimum Gasteiger partial charge on any atom is -0.343 e. The summed E-state index contributed by atoms with van der Waals surface area (Å²) in [6.07, 6.45) is 23.2. The number of anilines is 10. The van der Waals surface area contributed by atoms with Crippen LogP contribution >= 0.6 is 46.1 Å². The van der Waals surface area contributed by atoms with E-state index < -0.39 is 35.0 Å². The van der Waals surface area contributed by atoms with Crippen molar-refractivity contribution in [2.24, 2.45) is 0 Å². The van der Waals surface area contributed by atoms with Gasteiger partial charge in [0, 0.05) is 171 Å². The van der Waals surface area contributed by atoms with Gasteiger partial charge < -0.3 is 24.5 Å². The molecule has 5 aromatic carbocycles. The second-order valence-electron chi connectivity index (χ2n) is 28.0. The number of aromatic nitrogens is 15. The van der Waals surface area contributed by atoms with Gasteiger partial charge in [-0.2, -0.15) is 18.4 Å². The van der Waals surface area contributed by atoms with Crippen LogP contribution in [0.1, 0.15) is 102 Å². The van der Waals surface area contributed by atoms with Gasteiger partial charge in [-0.1, -0.05) is 34.8 Å². The maximum absolute atomic E-state index is 14.0. The third-order valence-electron chi connectivity index (χ3n) is 18.8. The van der Waals surface area contributed by atoms with Gasteiger partial charge in [0.1, 0.15) is 59.7 Å². The molecule has 0 saturated carbocycles. The van der Waals surface area contributed by atoms with Crippen LogP contribution in [0.3, 0.4) is 0 Å². The molecule has 0 aliphatic rings. The highest BCUT2D eigenvalue weighted by atomic mass is 35.5. The molecule has 10 aromatic heterocycles. The topological polar surface area (TPSA) is 319 Å². The van der Waals surface area contributed by atoms with Crippen LogP contribution in [0.15, 0.2) is 263 Å². The Morgan fingerprint density at radius 1 is 0.367 bits per heavy atom. The number of halogens is 9. The summed E-state index contributed by atoms with van der Waals surface area (Å²) in [6, 6.07) is 38.4. The molecule has 0 unspecified atom stereocenters. The van der Waals surface area contributed by atoms with E-state index in [1.165, 1.54) is 91.6 Å². The number of carbonyl (C=O) groups excluding carboxylic acids is 5. The molecule has 15 rings (SSSR count). The van der Waals surface area contributed by atoms with Crippen molar-refractivity contribution in [1.82, 2.24) is 74.8 Å². The molecule has 0 bridgehead atoms. The van der Waals surface area contributed by atoms with E-state index in [9.17, 15) is 50.3 Å². The number of ketones is 5. The fourth-order valence-electron chi connectivity index (χ4n) is 12.0. The summed E-state index contributed by atoms with van der Waals surface area (Å²) in [5.41, 5.74) is 10.7. The Hall–Kier alpha value is -15.0. The molecule has 26 nitrogen and oxygen atoms in total. The summed E-state index contributed by atoms with van der Waals surface area (Å²) in [5, 5.41) is 12.9. The number of benzene rings is 5. The first kappa shape index (κ1) is 93.7. The molecule has 0 N–H and O–H groups in total. The van der Waals surface area contributed by atoms with Gasteiger partial charge in [0.25, 0.3) is 0 Å². The van der Waals surface area contributed by atoms with Gasteiger partial charge in [-0.05, 0) is 159 Å². The first-order chi connectivity index (χ1) is 61.4. The maximum atomic E-state index is 14.0. The summed E-state index contributed by atoms with van der Waals surface area (Å²) >= 11 is 19.8. The van der Waals surface area contributed by atoms with Crippen molar-refractivity contribution in [3.8, 4) is 6.07 Å². The summed E-state index contributed by atoms with van der Waals surface area (Å²) in [6.45, 7) is 3.71. The van der Waals surface area contributed by atoms with Crippen molar-refractivity contribution >= 4 is 132 Å². The highest BCUT2D eigenvalue weighted by Gasteiger charge is 2.31. The molecule has 0 saturated heterocycles. The Kier molecular flexibility index (Phi) is 32.6. The quantitative estimate of drug-likeness (QED) is 0.0379. The van der Waals surface area contributed by atoms with Crippen LogP contribution in [-0.2, 0) is 38.3 Å². The molecule has 0 fully saturated rings. The van der Waals surface area contributed by atoms with Crippen molar-refractivity contribution in [2.75, 3.05) is 59.7 Å². The average Bonchev–Trinajstić information content (AvgIpc) is 1.10. The Balaban J connectivity index is 0.000000155. The van der Waals surface area contributed by atoms with Crippen molar-refractivity contribution in [2.45, 2.75) is 52.1 Å². The fourth-order valence-corrected chi connectivity index (χ4v) is 13.5. The molecule has 10 heterocycles. The van der Waals surface area contributed by atoms with Crippen LogP contribution in [0, 0.1) is 42.6 Å². The van der Waals surface area contributed by atoms with Crippen molar-refractivity contribution in [1.29, 1.82) is 5.26 Å². The van der Waals surface area contributed by atoms with Crippen molar-refractivity contribution < 1.29 is 50.3 Å². The van der Waals surface area contributed by atoms with E-state index in [2.05, 4.69) is 74.8 Å². The second kappa shape index (κ2) is 44.6. The fraction of sp³-hybridized carbons (Fsp3) is 0.141. The van der Waals surface area contributed by atoms with E-state index in [-0.39, 0.29) is 72.1 Å². The lowest BCUT2D eigenvalue weighted by Gasteiger charge is -2.19. The highest BCUT2D eigenvalue weighted by Crippen LogP contribution is 2.34. The standard InChI is InChI=1S/C19H14ClN5O.C19H14F4N4O.C18H14Cl2N4O.C18H16FN5O.C18H16FN3OS/c1-25(18-10-22-12-23-11-18)17-5-14(4-15(20)6-17)19(26)7-16-3-2-13(8-21)9-24-16;1-27(17-9-24-11-25-10-17)16-5-12(4-14(20)7-16)18(28)8-15-6-13(2-3-26-15)19(21,22)23;1-24(17-9-21-11-22-10-17)16-5-12(4-14(20)7-16)18(25)8-15-6-13(19)2-3-23-15;1-12-3-4-22-18(23-12)8-17(25)13-5-14(19)7-15(6-13)24(2)16-9-20-11-21-10-16;1-12-11-24-18(21-12)9-17(23)13-6-14(19)8-16(7-13)22(2)15-4-3-5-20-10-15/h2-6,9-12H,7H2,1H3;2-7,9-11H,8H2,1H3;2-7,9-11H,8H2,1H3;3-7,9-11H,8H2,1-2H3;3-8,10-11H,9H2,1-2H3. The van der Waals surface area contributed by atoms with E-state index in [0.29, 0.717) is 83.0 Å². The summed E-state index contributed by atoms with van der Waals surface area (Å²) in [7, 11) is 8.92. The first-order valence-electron chi connectivity index (χ1n) is 38.3. The molecule has 646 valence electrons. The van der Waals surface area contributed by atoms with Crippen LogP contribution in [0.25, 0.3) is 0 Å². The average molecular weight is 1810 g/mol. The van der Waals surface area contributed by atoms with Crippen LogP contribution in [0.5, 0.6) is 0 Å². The lowest BCUT2D eigenvalue weighted by Crippen LogP contribution is -2.13. The lowest BCUT2D eigenvalue weighted by molar-refractivity contribution is -0.137. The number of rotatable bonds is 25. The van der Waals surface area contributed by atoms with E-state index in [0.717, 1.165) is 69.2 Å². The Labute approximate surface area is 749 Å². The van der Waals surface area contributed by atoms with E-state index in [1.807, 2.05) is 68.4 Å². The van der Waals surface area contributed by atoms with Gasteiger partial charge in [0.15, 0.2) is 28.9 Å². The molecule has 0 aliphatic carbocycles. The Bertz CT molecular complexity index is 6280. The normalized spacial score (nSPS) is 10.6. The zero-order valence-corrected chi connectivity index (χ0v) is 72.2. The molecule has 0 radical (unpaired) electrons. The van der Waals surface area contributed by atoms with Gasteiger partial charge in [-0.3, -0.25) is 43.9 Å². The third kappa shape index (κ3) is 27.3. The number of alkyl halides is 3. The number of nitrogens with zero attached hydrogens (tertiary/aromatic N) is 21. The molecular formula is C92H74Cl3F6N21O5S. The number of nitriles is 1. The third-order valence-corrected chi connectivity index (χ3v) is 20.4. The SMILES string of the molecule is CN(c1cncnc1)c1cc(Cl)cc(C(=O)Cc2cc(Cl)ccn2)c1.CN(c1cncnc1)c1cc(Cl)cc(C(=O)Cc2ccc(C#N)cn2)c1.CN(c1cncnc1)c1cc(F)cc(C(=O)Cc2cc(C(F)(F)F)ccn2)c1.Cc1ccnc(CC(=O)c2cc(F)cc(N(C)c3cncnc3)c2)n1.Cc1csc(CC(=O)c2cc(F)cc(N(C)c3cccnc3)c2)n1. The molecule has 0 amide bonds. The smallest absolute Gasteiger partial charge is 0.343 e. The molecule has 15 aromatic rings. The number of carbonyl (C=O) groups is 5. The Morgan fingerprint density at radius 3 is 1.15 bits per heavy atom. The predicted molar refractivity (Wildman–Crippen MR) is 476 cm³/mol. The van der Waals surface area contributed by atoms with Crippen molar-refractivity contribution in [3.05, 3.63) is 374 Å². The monoisotopic (exact) mass is 1800 g/mol. The van der Waals surface area contributed by atoms with Crippen LogP contribution in [0.2, 0.25) is 15.1 Å². The number of thiazole rings is 1. The van der Waals surface area contributed by atoms with Crippen LogP contribution in [0.4, 0.5) is 83.2 Å². The summed E-state index contributed by atoms with van der Waals surface area (Å²) < 4.78 is 80.5. The largest absolute Gasteiger partial charge is 0.416 e. The van der Waals surface area contributed by atoms with E-state index in [1.54, 1.807) is 170 Å². The Morgan fingerprint density at radius 2 is 0.758 bits per heavy atom. The highest BCUT2D eigenvalue weighted by molar-refractivity contribution is 7.09. The molecule has 0 atom stereocenters. The minimum atomic E-state index is -4.53. The molecular weight excluding hydrogens is 1730 g/mol. The van der Waals surface area contributed by atoms with Crippen molar-refractivity contribution in [3.63, 3.8) is 0 Å². The zero-order chi connectivity index (χ0) is 91.6. The maximum Gasteiger partial charge on any atom is 0.416 e. The molecule has 128 heavy (non-hydrogen) atoms. The van der Waals surface area contributed by atoms with Gasteiger partial charge in [0.05, 0.1) is 127 Å². The van der Waals surface area contributed by atoms with Gasteiger partial charge in [-0.25, -0.2) is 68.0 Å². The predicted octanol–water partition coefficient (Wildman–Crippen LogP) is 19.3. The molecule has 36 heteroatoms. The second-order valence-corrected chi connectivity index (χ2v) is 30.3. The summed E-state index contributed by atoms with van der Waals surface area (Å²) in [5.74, 6) is -2.31. The number of aryl methyl sites for hydroxylation is 2. The van der Waals surface area contributed by atoms with E-state index in [4.69, 9.17) is 40.1 Å². The molecule has 0 aliphatic heterocycles. The van der Waals surface area contributed by atoms with Crippen LogP contribution in [-0.4, -0.2) is 139 Å². The number of hydrogen-bond donors (Lipinski definition) is 0. The van der Waals surface area contributed by atoms with Crippen LogP contribution < -0.4 is 24.5 Å². The van der Waals surface area contributed by atoms with E-state index >= 15 is 0 Å². The van der Waals surface area contributed by atoms with Gasteiger partial charge in [-0.15, -0.1) is 11.3 Å². The number of hydrogen-bond acceptors (Lipinski definition) is 27. The minimum absolute atomic E-state index is 0.0166. The summed E-state index contributed by atoms with van der Waals surface area (Å²) in [4.78, 5) is 132.